The number of alkyl halides is 4. The van der Waals surface area contributed by atoms with E-state index in [2.05, 4.69) is 4.90 Å². The van der Waals surface area contributed by atoms with Gasteiger partial charge in [0.05, 0.1) is 5.56 Å². The third-order valence-corrected chi connectivity index (χ3v) is 3.96. The molecule has 20 heavy (non-hydrogen) atoms. The number of halogens is 4. The maximum Gasteiger partial charge on any atom is 0.416 e. The van der Waals surface area contributed by atoms with Gasteiger partial charge in [0.2, 0.25) is 0 Å². The highest BCUT2D eigenvalue weighted by Crippen LogP contribution is 2.31. The van der Waals surface area contributed by atoms with Gasteiger partial charge < -0.3 is 0 Å². The van der Waals surface area contributed by atoms with Gasteiger partial charge in [-0.1, -0.05) is 6.07 Å². The SMILES string of the molecule is Cc1cc(C(F)(F)F)ccc1CN1CCC(C)(F)CC1. The molecule has 5 heteroatoms. The minimum atomic E-state index is -4.30. The summed E-state index contributed by atoms with van der Waals surface area (Å²) in [6.07, 6.45) is -3.34. The van der Waals surface area contributed by atoms with Crippen LogP contribution in [0.25, 0.3) is 0 Å². The number of benzene rings is 1. The smallest absolute Gasteiger partial charge is 0.299 e. The Morgan fingerprint density at radius 3 is 2.30 bits per heavy atom. The Kier molecular flexibility index (Phi) is 4.09. The van der Waals surface area contributed by atoms with Crippen LogP contribution < -0.4 is 0 Å². The van der Waals surface area contributed by atoms with Crippen LogP contribution in [0.3, 0.4) is 0 Å². The third kappa shape index (κ3) is 3.72. The van der Waals surface area contributed by atoms with Crippen LogP contribution in [0.4, 0.5) is 17.6 Å². The van der Waals surface area contributed by atoms with Gasteiger partial charge in [-0.05, 0) is 49.9 Å². The second kappa shape index (κ2) is 5.35. The molecule has 0 aliphatic carbocycles. The number of rotatable bonds is 2. The molecule has 0 aromatic heterocycles. The lowest BCUT2D eigenvalue weighted by Gasteiger charge is -2.34. The Balaban J connectivity index is 2.04. The maximum absolute atomic E-state index is 13.7. The molecule has 1 saturated heterocycles. The highest BCUT2D eigenvalue weighted by atomic mass is 19.4. The van der Waals surface area contributed by atoms with E-state index in [0.29, 0.717) is 38.0 Å². The molecule has 0 bridgehead atoms. The first kappa shape index (κ1) is 15.3. The fraction of sp³-hybridized carbons (Fsp3) is 0.600. The predicted molar refractivity (Wildman–Crippen MR) is 70.2 cm³/mol. The molecule has 1 aliphatic rings. The van der Waals surface area contributed by atoms with Gasteiger partial charge in [0.1, 0.15) is 5.67 Å². The Labute approximate surface area is 116 Å². The van der Waals surface area contributed by atoms with Crippen LogP contribution in [-0.4, -0.2) is 23.7 Å². The average Bonchev–Trinajstić information content (AvgIpc) is 2.33. The first-order valence-electron chi connectivity index (χ1n) is 6.75. The van der Waals surface area contributed by atoms with Crippen molar-refractivity contribution < 1.29 is 17.6 Å². The molecule has 0 atom stereocenters. The molecule has 112 valence electrons. The second-order valence-corrected chi connectivity index (χ2v) is 5.83. The predicted octanol–water partition coefficient (Wildman–Crippen LogP) is 4.34. The van der Waals surface area contributed by atoms with Crippen molar-refractivity contribution in [2.45, 2.75) is 45.1 Å². The molecule has 1 aromatic carbocycles. The molecular formula is C15H19F4N. The van der Waals surface area contributed by atoms with Crippen molar-refractivity contribution in [1.29, 1.82) is 0 Å². The van der Waals surface area contributed by atoms with Gasteiger partial charge in [0.15, 0.2) is 0 Å². The average molecular weight is 289 g/mol. The van der Waals surface area contributed by atoms with Gasteiger partial charge in [-0.2, -0.15) is 13.2 Å². The van der Waals surface area contributed by atoms with Gasteiger partial charge in [-0.3, -0.25) is 4.90 Å². The van der Waals surface area contributed by atoms with Gasteiger partial charge >= 0.3 is 6.18 Å². The number of likely N-dealkylation sites (tertiary alicyclic amines) is 1. The van der Waals surface area contributed by atoms with Crippen LogP contribution in [-0.2, 0) is 12.7 Å². The van der Waals surface area contributed by atoms with E-state index in [1.54, 1.807) is 13.8 Å². The van der Waals surface area contributed by atoms with Gasteiger partial charge in [0.25, 0.3) is 0 Å². The fourth-order valence-corrected chi connectivity index (χ4v) is 2.47. The lowest BCUT2D eigenvalue weighted by atomic mass is 9.95. The van der Waals surface area contributed by atoms with Crippen molar-refractivity contribution in [3.05, 3.63) is 34.9 Å². The summed E-state index contributed by atoms with van der Waals surface area (Å²) in [5.41, 5.74) is -0.214. The summed E-state index contributed by atoms with van der Waals surface area (Å²) in [4.78, 5) is 2.09. The van der Waals surface area contributed by atoms with E-state index >= 15 is 0 Å². The fourth-order valence-electron chi connectivity index (χ4n) is 2.47. The third-order valence-electron chi connectivity index (χ3n) is 3.96. The second-order valence-electron chi connectivity index (χ2n) is 5.83. The van der Waals surface area contributed by atoms with Crippen LogP contribution in [0, 0.1) is 6.92 Å². The molecular weight excluding hydrogens is 270 g/mol. The summed E-state index contributed by atoms with van der Waals surface area (Å²) < 4.78 is 51.5. The number of nitrogens with zero attached hydrogens (tertiary/aromatic N) is 1. The van der Waals surface area contributed by atoms with Crippen molar-refractivity contribution in [2.75, 3.05) is 13.1 Å². The summed E-state index contributed by atoms with van der Waals surface area (Å²) in [6.45, 7) is 5.17. The van der Waals surface area contributed by atoms with Crippen LogP contribution in [0.1, 0.15) is 36.5 Å². The molecule has 1 nitrogen and oxygen atoms in total. The van der Waals surface area contributed by atoms with Crippen LogP contribution in [0.2, 0.25) is 0 Å². The van der Waals surface area contributed by atoms with Gasteiger partial charge in [-0.25, -0.2) is 4.39 Å². The van der Waals surface area contributed by atoms with Crippen molar-refractivity contribution in [3.8, 4) is 0 Å². The van der Waals surface area contributed by atoms with Crippen LogP contribution in [0.15, 0.2) is 18.2 Å². The molecule has 1 aromatic rings. The van der Waals surface area contributed by atoms with E-state index in [1.807, 2.05) is 0 Å². The van der Waals surface area contributed by atoms with Crippen molar-refractivity contribution in [3.63, 3.8) is 0 Å². The van der Waals surface area contributed by atoms with E-state index < -0.39 is 17.4 Å². The Hall–Kier alpha value is -1.10. The molecule has 0 unspecified atom stereocenters. The number of hydrogen-bond donors (Lipinski definition) is 0. The van der Waals surface area contributed by atoms with Crippen molar-refractivity contribution >= 4 is 0 Å². The first-order valence-corrected chi connectivity index (χ1v) is 6.75. The molecule has 0 amide bonds. The molecule has 1 aliphatic heterocycles. The van der Waals surface area contributed by atoms with Gasteiger partial charge in [0, 0.05) is 19.6 Å². The van der Waals surface area contributed by atoms with E-state index in [-0.39, 0.29) is 0 Å². The summed E-state index contributed by atoms with van der Waals surface area (Å²) in [5.74, 6) is 0. The summed E-state index contributed by atoms with van der Waals surface area (Å²) in [6, 6.07) is 3.82. The normalized spacial score (nSPS) is 20.1. The highest BCUT2D eigenvalue weighted by Gasteiger charge is 2.31. The quantitative estimate of drug-likeness (QED) is 0.732. The van der Waals surface area contributed by atoms with Crippen molar-refractivity contribution in [1.82, 2.24) is 4.90 Å². The lowest BCUT2D eigenvalue weighted by molar-refractivity contribution is -0.137. The molecule has 0 saturated carbocycles. The van der Waals surface area contributed by atoms with Crippen LogP contribution >= 0.6 is 0 Å². The summed E-state index contributed by atoms with van der Waals surface area (Å²) in [5, 5.41) is 0. The largest absolute Gasteiger partial charge is 0.416 e. The summed E-state index contributed by atoms with van der Waals surface area (Å²) in [7, 11) is 0. The number of piperidine rings is 1. The molecule has 0 spiro atoms. The topological polar surface area (TPSA) is 3.24 Å². The first-order chi connectivity index (χ1) is 9.17. The zero-order chi connectivity index (χ0) is 15.0. The van der Waals surface area contributed by atoms with E-state index in [0.717, 1.165) is 11.6 Å². The zero-order valence-electron chi connectivity index (χ0n) is 11.7. The van der Waals surface area contributed by atoms with E-state index in [9.17, 15) is 17.6 Å². The molecule has 0 radical (unpaired) electrons. The minimum absolute atomic E-state index is 0.479. The number of aryl methyl sites for hydroxylation is 1. The monoisotopic (exact) mass is 289 g/mol. The van der Waals surface area contributed by atoms with E-state index in [4.69, 9.17) is 0 Å². The Bertz CT molecular complexity index is 469. The van der Waals surface area contributed by atoms with Crippen molar-refractivity contribution in [2.24, 2.45) is 0 Å². The summed E-state index contributed by atoms with van der Waals surface area (Å²) >= 11 is 0. The number of hydrogen-bond acceptors (Lipinski definition) is 1. The zero-order valence-corrected chi connectivity index (χ0v) is 11.7. The van der Waals surface area contributed by atoms with Crippen LogP contribution in [0.5, 0.6) is 0 Å². The molecule has 1 heterocycles. The minimum Gasteiger partial charge on any atom is -0.299 e. The Morgan fingerprint density at radius 1 is 1.20 bits per heavy atom. The molecule has 1 fully saturated rings. The Morgan fingerprint density at radius 2 is 1.80 bits per heavy atom. The lowest BCUT2D eigenvalue weighted by Crippen LogP contribution is -2.39. The standard InChI is InChI=1S/C15H19F4N/c1-11-9-13(15(17,18)19)4-3-12(11)10-20-7-5-14(2,16)6-8-20/h3-4,9H,5-8,10H2,1-2H3. The highest BCUT2D eigenvalue weighted by molar-refractivity contribution is 5.32. The van der Waals surface area contributed by atoms with Gasteiger partial charge in [-0.15, -0.1) is 0 Å². The maximum atomic E-state index is 13.7. The molecule has 0 N–H and O–H groups in total. The van der Waals surface area contributed by atoms with E-state index in [1.165, 1.54) is 12.1 Å². The molecule has 2 rings (SSSR count).